The van der Waals surface area contributed by atoms with Gasteiger partial charge in [0.1, 0.15) is 0 Å². The Morgan fingerprint density at radius 1 is 1.31 bits per heavy atom. The number of rotatable bonds is 6. The first-order valence-corrected chi connectivity index (χ1v) is 8.94. The lowest BCUT2D eigenvalue weighted by Gasteiger charge is -2.25. The molecule has 1 saturated heterocycles. The van der Waals surface area contributed by atoms with Gasteiger partial charge in [-0.1, -0.05) is 12.1 Å². The zero-order valence-corrected chi connectivity index (χ0v) is 15.2. The summed E-state index contributed by atoms with van der Waals surface area (Å²) in [6, 6.07) is 7.78. The number of aryl methyl sites for hydroxylation is 2. The minimum Gasteiger partial charge on any atom is -0.481 e. The molecule has 3 rings (SSSR count). The second-order valence-electron chi connectivity index (χ2n) is 6.85. The number of hydrogen-bond acceptors (Lipinski definition) is 4. The number of aromatic nitrogens is 1. The molecule has 1 aliphatic heterocycles. The summed E-state index contributed by atoms with van der Waals surface area (Å²) in [4.78, 5) is 30.3. The second kappa shape index (κ2) is 7.83. The molecule has 26 heavy (non-hydrogen) atoms. The van der Waals surface area contributed by atoms with Crippen LogP contribution in [0.15, 0.2) is 24.3 Å². The van der Waals surface area contributed by atoms with Gasteiger partial charge in [0, 0.05) is 25.1 Å². The Hall–Kier alpha value is -2.47. The number of carbonyl (C=O) groups excluding carboxylic acids is 1. The maximum atomic E-state index is 13.1. The highest BCUT2D eigenvalue weighted by Crippen LogP contribution is 2.21. The number of carboxylic acid groups (broad SMARTS) is 1. The number of nitrogens with zero attached hydrogens (tertiary/aromatic N) is 2. The molecule has 1 aromatic carbocycles. The molecule has 6 heteroatoms. The fourth-order valence-corrected chi connectivity index (χ4v) is 3.30. The average Bonchev–Trinajstić information content (AvgIpc) is 3.10. The quantitative estimate of drug-likeness (QED) is 0.861. The number of benzene rings is 1. The van der Waals surface area contributed by atoms with Gasteiger partial charge in [-0.05, 0) is 44.4 Å². The van der Waals surface area contributed by atoms with Crippen LogP contribution in [-0.4, -0.2) is 52.7 Å². The summed E-state index contributed by atoms with van der Waals surface area (Å²) in [5.41, 5.74) is 3.14. The largest absolute Gasteiger partial charge is 0.481 e. The summed E-state index contributed by atoms with van der Waals surface area (Å²) < 4.78 is 5.63. The van der Waals surface area contributed by atoms with Crippen LogP contribution < -0.4 is 0 Å². The van der Waals surface area contributed by atoms with E-state index in [9.17, 15) is 9.59 Å². The smallest absolute Gasteiger partial charge is 0.305 e. The van der Waals surface area contributed by atoms with Gasteiger partial charge in [0.2, 0.25) is 0 Å². The first-order chi connectivity index (χ1) is 12.4. The van der Waals surface area contributed by atoms with E-state index in [1.54, 1.807) is 4.90 Å². The normalized spacial score (nSPS) is 16.8. The van der Waals surface area contributed by atoms with E-state index in [0.717, 1.165) is 29.3 Å². The predicted octanol–water partition coefficient (Wildman–Crippen LogP) is 2.95. The van der Waals surface area contributed by atoms with Crippen LogP contribution in [0.5, 0.6) is 0 Å². The summed E-state index contributed by atoms with van der Waals surface area (Å²) in [6.45, 7) is 5.10. The van der Waals surface area contributed by atoms with Gasteiger partial charge in [0.05, 0.1) is 29.3 Å². The number of carboxylic acids is 1. The minimum atomic E-state index is -0.918. The number of amides is 1. The van der Waals surface area contributed by atoms with Gasteiger partial charge >= 0.3 is 5.97 Å². The highest BCUT2D eigenvalue weighted by atomic mass is 16.5. The van der Waals surface area contributed by atoms with Crippen molar-refractivity contribution in [2.45, 2.75) is 39.2 Å². The highest BCUT2D eigenvalue weighted by Gasteiger charge is 2.25. The highest BCUT2D eigenvalue weighted by molar-refractivity contribution is 5.98. The fraction of sp³-hybridized carbons (Fsp3) is 0.450. The summed E-state index contributed by atoms with van der Waals surface area (Å²) in [7, 11) is 0. The molecule has 1 aliphatic rings. The lowest BCUT2D eigenvalue weighted by molar-refractivity contribution is -0.137. The number of carbonyl (C=O) groups is 2. The molecule has 1 unspecified atom stereocenters. The minimum absolute atomic E-state index is 0.0240. The van der Waals surface area contributed by atoms with Crippen LogP contribution in [0.25, 0.3) is 10.9 Å². The van der Waals surface area contributed by atoms with Crippen molar-refractivity contribution < 1.29 is 19.4 Å². The van der Waals surface area contributed by atoms with E-state index < -0.39 is 5.97 Å². The van der Waals surface area contributed by atoms with Crippen molar-refractivity contribution in [2.75, 3.05) is 19.7 Å². The van der Waals surface area contributed by atoms with Crippen molar-refractivity contribution in [3.8, 4) is 0 Å². The third-order valence-corrected chi connectivity index (χ3v) is 4.72. The topological polar surface area (TPSA) is 79.7 Å². The monoisotopic (exact) mass is 356 g/mol. The SMILES string of the molecule is Cc1ccc2cc(C(=O)N(CCC(=O)O)CC3CCCO3)c(C)nc2c1. The molecule has 2 heterocycles. The molecule has 0 saturated carbocycles. The number of aliphatic carboxylic acids is 1. The molecule has 138 valence electrons. The summed E-state index contributed by atoms with van der Waals surface area (Å²) >= 11 is 0. The number of ether oxygens (including phenoxy) is 1. The average molecular weight is 356 g/mol. The molecule has 0 spiro atoms. The van der Waals surface area contributed by atoms with Gasteiger partial charge in [-0.3, -0.25) is 14.6 Å². The fourth-order valence-electron chi connectivity index (χ4n) is 3.30. The molecule has 1 fully saturated rings. The van der Waals surface area contributed by atoms with E-state index >= 15 is 0 Å². The number of fused-ring (bicyclic) bond motifs is 1. The van der Waals surface area contributed by atoms with Gasteiger partial charge in [-0.15, -0.1) is 0 Å². The van der Waals surface area contributed by atoms with Gasteiger partial charge in [-0.25, -0.2) is 0 Å². The van der Waals surface area contributed by atoms with Crippen LogP contribution in [0, 0.1) is 13.8 Å². The van der Waals surface area contributed by atoms with E-state index in [2.05, 4.69) is 4.98 Å². The summed E-state index contributed by atoms with van der Waals surface area (Å²) in [5, 5.41) is 9.92. The van der Waals surface area contributed by atoms with Crippen molar-refractivity contribution in [1.29, 1.82) is 0 Å². The van der Waals surface area contributed by atoms with Crippen LogP contribution in [0.3, 0.4) is 0 Å². The van der Waals surface area contributed by atoms with Crippen molar-refractivity contribution in [3.05, 3.63) is 41.1 Å². The van der Waals surface area contributed by atoms with E-state index in [0.29, 0.717) is 24.4 Å². The van der Waals surface area contributed by atoms with Gasteiger partial charge in [0.15, 0.2) is 0 Å². The van der Waals surface area contributed by atoms with E-state index in [-0.39, 0.29) is 25.0 Å². The maximum absolute atomic E-state index is 13.1. The Balaban J connectivity index is 1.88. The molecule has 1 aromatic heterocycles. The molecular weight excluding hydrogens is 332 g/mol. The summed E-state index contributed by atoms with van der Waals surface area (Å²) in [6.07, 6.45) is 1.76. The predicted molar refractivity (Wildman–Crippen MR) is 98.3 cm³/mol. The lowest BCUT2D eigenvalue weighted by Crippen LogP contribution is -2.39. The molecule has 1 atom stereocenters. The Kier molecular flexibility index (Phi) is 5.52. The molecule has 0 bridgehead atoms. The number of hydrogen-bond donors (Lipinski definition) is 1. The van der Waals surface area contributed by atoms with Crippen molar-refractivity contribution in [2.24, 2.45) is 0 Å². The Labute approximate surface area is 152 Å². The number of pyridine rings is 1. The maximum Gasteiger partial charge on any atom is 0.305 e. The van der Waals surface area contributed by atoms with Gasteiger partial charge in [0.25, 0.3) is 5.91 Å². The molecule has 2 aromatic rings. The van der Waals surface area contributed by atoms with Crippen molar-refractivity contribution in [3.63, 3.8) is 0 Å². The lowest BCUT2D eigenvalue weighted by atomic mass is 10.1. The second-order valence-corrected chi connectivity index (χ2v) is 6.85. The standard InChI is InChI=1S/C20H24N2O4/c1-13-5-6-15-11-17(14(2)21-18(15)10-13)20(25)22(8-7-19(23)24)12-16-4-3-9-26-16/h5-6,10-11,16H,3-4,7-9,12H2,1-2H3,(H,23,24). The first kappa shape index (κ1) is 18.3. The van der Waals surface area contributed by atoms with Crippen LogP contribution in [0.4, 0.5) is 0 Å². The third-order valence-electron chi connectivity index (χ3n) is 4.72. The first-order valence-electron chi connectivity index (χ1n) is 8.94. The molecule has 1 N–H and O–H groups in total. The third kappa shape index (κ3) is 4.19. The van der Waals surface area contributed by atoms with Crippen LogP contribution in [0.1, 0.15) is 40.9 Å². The van der Waals surface area contributed by atoms with E-state index in [1.807, 2.05) is 38.1 Å². The Morgan fingerprint density at radius 3 is 2.81 bits per heavy atom. The van der Waals surface area contributed by atoms with Gasteiger partial charge in [-0.2, -0.15) is 0 Å². The Bertz CT molecular complexity index is 828. The van der Waals surface area contributed by atoms with E-state index in [4.69, 9.17) is 9.84 Å². The van der Waals surface area contributed by atoms with Crippen LogP contribution in [-0.2, 0) is 9.53 Å². The zero-order chi connectivity index (χ0) is 18.7. The zero-order valence-electron chi connectivity index (χ0n) is 15.2. The molecule has 0 radical (unpaired) electrons. The Morgan fingerprint density at radius 2 is 2.12 bits per heavy atom. The van der Waals surface area contributed by atoms with Crippen LogP contribution in [0.2, 0.25) is 0 Å². The molecule has 1 amide bonds. The molecule has 0 aliphatic carbocycles. The van der Waals surface area contributed by atoms with Crippen molar-refractivity contribution in [1.82, 2.24) is 9.88 Å². The van der Waals surface area contributed by atoms with Gasteiger partial charge < -0.3 is 14.7 Å². The van der Waals surface area contributed by atoms with Crippen molar-refractivity contribution >= 4 is 22.8 Å². The van der Waals surface area contributed by atoms with Crippen LogP contribution >= 0.6 is 0 Å². The molecule has 6 nitrogen and oxygen atoms in total. The van der Waals surface area contributed by atoms with E-state index in [1.165, 1.54) is 0 Å². The summed E-state index contributed by atoms with van der Waals surface area (Å²) in [5.74, 6) is -1.10. The molecular formula is C20H24N2O4.